The third kappa shape index (κ3) is 4.71. The number of allylic oxidation sites excluding steroid dienone is 1. The average molecular weight is 491 g/mol. The maximum Gasteiger partial charge on any atom is 0.302 e. The summed E-state index contributed by atoms with van der Waals surface area (Å²) in [5, 5.41) is 9.35. The molecule has 2 aromatic carbocycles. The molecular formula is C25H20ClFN6O2. The molecule has 10 heteroatoms. The van der Waals surface area contributed by atoms with Crippen molar-refractivity contribution in [2.75, 3.05) is 10.6 Å². The molecule has 5 rings (SSSR count). The van der Waals surface area contributed by atoms with Crippen LogP contribution in [0.25, 0.3) is 11.1 Å². The fraction of sp³-hybridized carbons (Fsp3) is 0.120. The lowest BCUT2D eigenvalue weighted by Crippen LogP contribution is -2.37. The first kappa shape index (κ1) is 22.5. The molecule has 1 atom stereocenters. The first-order chi connectivity index (χ1) is 16.9. The van der Waals surface area contributed by atoms with Gasteiger partial charge in [-0.3, -0.25) is 10.1 Å². The van der Waals surface area contributed by atoms with Crippen LogP contribution in [0.1, 0.15) is 24.1 Å². The molecule has 0 saturated carbocycles. The SMILES string of the molecule is CC1=C(C(=O)Nc2ccc(C)cn2)C(c2ccccc2Cl)N=C(Nc2nc3ccc(F)cc3o2)N1. The number of hydrogen-bond acceptors (Lipinski definition) is 7. The highest BCUT2D eigenvalue weighted by Crippen LogP contribution is 2.35. The Morgan fingerprint density at radius 2 is 1.97 bits per heavy atom. The summed E-state index contributed by atoms with van der Waals surface area (Å²) in [5.41, 5.74) is 3.35. The van der Waals surface area contributed by atoms with Crippen molar-refractivity contribution in [2.45, 2.75) is 19.9 Å². The van der Waals surface area contributed by atoms with E-state index in [0.717, 1.165) is 5.56 Å². The number of aliphatic imine (C=N–C) groups is 1. The molecule has 176 valence electrons. The Hall–Kier alpha value is -4.24. The summed E-state index contributed by atoms with van der Waals surface area (Å²) in [7, 11) is 0. The number of halogens is 2. The van der Waals surface area contributed by atoms with Crippen molar-refractivity contribution >= 4 is 46.4 Å². The van der Waals surface area contributed by atoms with Crippen LogP contribution in [0.2, 0.25) is 5.02 Å². The molecular weight excluding hydrogens is 471 g/mol. The van der Waals surface area contributed by atoms with Gasteiger partial charge in [0.25, 0.3) is 5.91 Å². The van der Waals surface area contributed by atoms with Gasteiger partial charge in [0.2, 0.25) is 5.96 Å². The number of nitrogens with one attached hydrogen (secondary N) is 3. The highest BCUT2D eigenvalue weighted by Gasteiger charge is 2.31. The van der Waals surface area contributed by atoms with Crippen LogP contribution in [-0.4, -0.2) is 21.8 Å². The quantitative estimate of drug-likeness (QED) is 0.356. The minimum absolute atomic E-state index is 0.124. The number of carbonyl (C=O) groups excluding carboxylic acids is 1. The lowest BCUT2D eigenvalue weighted by molar-refractivity contribution is -0.113. The number of hydrogen-bond donors (Lipinski definition) is 3. The molecule has 2 aromatic heterocycles. The van der Waals surface area contributed by atoms with Crippen LogP contribution in [0.15, 0.2) is 81.5 Å². The summed E-state index contributed by atoms with van der Waals surface area (Å²) in [4.78, 5) is 26.6. The second-order valence-corrected chi connectivity index (χ2v) is 8.40. The summed E-state index contributed by atoms with van der Waals surface area (Å²) in [5.74, 6) is -0.0732. The van der Waals surface area contributed by atoms with E-state index in [1.54, 1.807) is 31.3 Å². The minimum Gasteiger partial charge on any atom is -0.423 e. The Kier molecular flexibility index (Phi) is 5.92. The number of nitrogens with zero attached hydrogens (tertiary/aromatic N) is 3. The number of aromatic nitrogens is 2. The highest BCUT2D eigenvalue weighted by atomic mass is 35.5. The van der Waals surface area contributed by atoms with E-state index in [2.05, 4.69) is 25.9 Å². The van der Waals surface area contributed by atoms with Crippen molar-refractivity contribution in [3.8, 4) is 0 Å². The zero-order valence-corrected chi connectivity index (χ0v) is 19.5. The fourth-order valence-corrected chi connectivity index (χ4v) is 3.97. The number of carbonyl (C=O) groups is 1. The van der Waals surface area contributed by atoms with E-state index in [0.29, 0.717) is 44.7 Å². The standard InChI is InChI=1S/C25H20ClFN6O2/c1-13-7-10-20(28-12-13)31-23(34)21-14(2)29-24(32-22(21)16-5-3-4-6-17(16)26)33-25-30-18-9-8-15(27)11-19(18)35-25/h3-12,22H,1-2H3,(H,28,31,34)(H2,29,30,32,33). The summed E-state index contributed by atoms with van der Waals surface area (Å²) in [6.45, 7) is 3.68. The molecule has 4 aromatic rings. The van der Waals surface area contributed by atoms with Gasteiger partial charge in [-0.05, 0) is 43.7 Å². The number of aryl methyl sites for hydroxylation is 1. The first-order valence-corrected chi connectivity index (χ1v) is 11.1. The molecule has 0 spiro atoms. The van der Waals surface area contributed by atoms with Crippen molar-refractivity contribution in [3.05, 3.63) is 94.0 Å². The van der Waals surface area contributed by atoms with E-state index in [1.807, 2.05) is 25.1 Å². The van der Waals surface area contributed by atoms with Gasteiger partial charge < -0.3 is 15.1 Å². The monoisotopic (exact) mass is 490 g/mol. The minimum atomic E-state index is -0.722. The zero-order chi connectivity index (χ0) is 24.5. The number of amides is 1. The lowest BCUT2D eigenvalue weighted by atomic mass is 9.95. The predicted octanol–water partition coefficient (Wildman–Crippen LogP) is 5.35. The number of pyridine rings is 1. The van der Waals surface area contributed by atoms with Gasteiger partial charge in [-0.1, -0.05) is 35.9 Å². The van der Waals surface area contributed by atoms with Crippen LogP contribution in [-0.2, 0) is 4.79 Å². The van der Waals surface area contributed by atoms with E-state index < -0.39 is 11.9 Å². The molecule has 1 aliphatic heterocycles. The lowest BCUT2D eigenvalue weighted by Gasteiger charge is -2.26. The summed E-state index contributed by atoms with van der Waals surface area (Å²) >= 11 is 6.49. The van der Waals surface area contributed by atoms with Gasteiger partial charge in [-0.2, -0.15) is 4.98 Å². The number of guanidine groups is 1. The van der Waals surface area contributed by atoms with E-state index in [1.165, 1.54) is 18.2 Å². The van der Waals surface area contributed by atoms with Gasteiger partial charge in [0.1, 0.15) is 23.2 Å². The average Bonchev–Trinajstić information content (AvgIpc) is 3.21. The molecule has 35 heavy (non-hydrogen) atoms. The Morgan fingerprint density at radius 3 is 2.74 bits per heavy atom. The fourth-order valence-electron chi connectivity index (χ4n) is 3.73. The van der Waals surface area contributed by atoms with Crippen molar-refractivity contribution in [2.24, 2.45) is 4.99 Å². The second kappa shape index (κ2) is 9.19. The molecule has 0 radical (unpaired) electrons. The van der Waals surface area contributed by atoms with Crippen LogP contribution in [0.4, 0.5) is 16.2 Å². The Labute approximate surface area is 204 Å². The van der Waals surface area contributed by atoms with Crippen molar-refractivity contribution in [3.63, 3.8) is 0 Å². The van der Waals surface area contributed by atoms with E-state index in [-0.39, 0.29) is 11.9 Å². The van der Waals surface area contributed by atoms with E-state index in [9.17, 15) is 9.18 Å². The Bertz CT molecular complexity index is 1500. The van der Waals surface area contributed by atoms with Crippen molar-refractivity contribution < 1.29 is 13.6 Å². The molecule has 3 N–H and O–H groups in total. The normalized spacial score (nSPS) is 15.5. The second-order valence-electron chi connectivity index (χ2n) is 8.00. The van der Waals surface area contributed by atoms with Gasteiger partial charge in [0.05, 0.1) is 5.57 Å². The van der Waals surface area contributed by atoms with Crippen molar-refractivity contribution in [1.82, 2.24) is 15.3 Å². The number of oxazole rings is 1. The zero-order valence-electron chi connectivity index (χ0n) is 18.8. The molecule has 3 heterocycles. The largest absolute Gasteiger partial charge is 0.423 e. The smallest absolute Gasteiger partial charge is 0.302 e. The molecule has 1 aliphatic rings. The third-order valence-electron chi connectivity index (χ3n) is 5.41. The van der Waals surface area contributed by atoms with Gasteiger partial charge in [-0.15, -0.1) is 0 Å². The number of benzene rings is 2. The molecule has 0 saturated heterocycles. The van der Waals surface area contributed by atoms with E-state index >= 15 is 0 Å². The summed E-state index contributed by atoms with van der Waals surface area (Å²) in [6, 6.07) is 14.3. The predicted molar refractivity (Wildman–Crippen MR) is 133 cm³/mol. The first-order valence-electron chi connectivity index (χ1n) is 10.7. The van der Waals surface area contributed by atoms with Crippen LogP contribution < -0.4 is 16.0 Å². The number of fused-ring (bicyclic) bond motifs is 1. The van der Waals surface area contributed by atoms with Gasteiger partial charge in [0.15, 0.2) is 5.58 Å². The third-order valence-corrected chi connectivity index (χ3v) is 5.76. The molecule has 0 aliphatic carbocycles. The summed E-state index contributed by atoms with van der Waals surface area (Å²) in [6.07, 6.45) is 1.67. The van der Waals surface area contributed by atoms with Crippen molar-refractivity contribution in [1.29, 1.82) is 0 Å². The maximum atomic E-state index is 13.5. The molecule has 0 fully saturated rings. The Morgan fingerprint density at radius 1 is 1.14 bits per heavy atom. The molecule has 1 unspecified atom stereocenters. The van der Waals surface area contributed by atoms with Crippen LogP contribution in [0.3, 0.4) is 0 Å². The number of anilines is 2. The van der Waals surface area contributed by atoms with Crippen LogP contribution >= 0.6 is 11.6 Å². The highest BCUT2D eigenvalue weighted by molar-refractivity contribution is 6.31. The van der Waals surface area contributed by atoms with Gasteiger partial charge in [-0.25, -0.2) is 14.4 Å². The molecule has 8 nitrogen and oxygen atoms in total. The topological polar surface area (TPSA) is 104 Å². The van der Waals surface area contributed by atoms with Crippen LogP contribution in [0.5, 0.6) is 0 Å². The maximum absolute atomic E-state index is 13.5. The number of rotatable bonds is 4. The van der Waals surface area contributed by atoms with Gasteiger partial charge >= 0.3 is 6.01 Å². The summed E-state index contributed by atoms with van der Waals surface area (Å²) < 4.78 is 19.1. The van der Waals surface area contributed by atoms with Crippen LogP contribution in [0, 0.1) is 12.7 Å². The Balaban J connectivity index is 1.48. The molecule has 0 bridgehead atoms. The van der Waals surface area contributed by atoms with Gasteiger partial charge in [0, 0.05) is 28.5 Å². The molecule has 1 amide bonds. The van der Waals surface area contributed by atoms with E-state index in [4.69, 9.17) is 21.0 Å².